The van der Waals surface area contributed by atoms with Gasteiger partial charge in [0.2, 0.25) is 0 Å². The molecule has 1 nitrogen and oxygen atoms in total. The number of Topliss-reactive ketones (excluding diaryl/α,β-unsaturated/α-hetero) is 1. The maximum absolute atomic E-state index is 11.3. The summed E-state index contributed by atoms with van der Waals surface area (Å²) in [5, 5.41) is 0. The van der Waals surface area contributed by atoms with Gasteiger partial charge in [-0.15, -0.1) is 0 Å². The van der Waals surface area contributed by atoms with Crippen molar-refractivity contribution >= 4 is 21.7 Å². The van der Waals surface area contributed by atoms with E-state index < -0.39 is 0 Å². The normalized spacial score (nSPS) is 32.3. The molecule has 0 aliphatic heterocycles. The summed E-state index contributed by atoms with van der Waals surface area (Å²) in [6.45, 7) is 1.72. The van der Waals surface area contributed by atoms with Crippen molar-refractivity contribution < 1.29 is 4.79 Å². The van der Waals surface area contributed by atoms with Crippen LogP contribution in [0.15, 0.2) is 22.7 Å². The van der Waals surface area contributed by atoms with Gasteiger partial charge in [0.1, 0.15) is 5.78 Å². The molecule has 0 aromatic heterocycles. The van der Waals surface area contributed by atoms with Gasteiger partial charge in [-0.3, -0.25) is 4.79 Å². The van der Waals surface area contributed by atoms with Crippen LogP contribution in [-0.2, 0) is 11.2 Å². The van der Waals surface area contributed by atoms with Crippen LogP contribution in [0, 0.1) is 11.8 Å². The second-order valence-electron chi connectivity index (χ2n) is 4.37. The lowest BCUT2D eigenvalue weighted by molar-refractivity contribution is -0.118. The lowest BCUT2D eigenvalue weighted by atomic mass is 10.0. The third-order valence-electron chi connectivity index (χ3n) is 3.56. The summed E-state index contributed by atoms with van der Waals surface area (Å²) in [6.07, 6.45) is 1.11. The molecule has 72 valence electrons. The van der Waals surface area contributed by atoms with Crippen LogP contribution >= 0.6 is 15.9 Å². The quantitative estimate of drug-likeness (QED) is 0.750. The van der Waals surface area contributed by atoms with Crippen LogP contribution in [0.3, 0.4) is 0 Å². The number of rotatable bonds is 1. The van der Waals surface area contributed by atoms with E-state index in [1.165, 1.54) is 11.1 Å². The van der Waals surface area contributed by atoms with Gasteiger partial charge in [0.15, 0.2) is 0 Å². The molecule has 2 aliphatic carbocycles. The molecule has 1 fully saturated rings. The van der Waals surface area contributed by atoms with Crippen molar-refractivity contribution in [1.82, 2.24) is 0 Å². The number of hydrogen-bond acceptors (Lipinski definition) is 1. The first-order valence-corrected chi connectivity index (χ1v) is 5.76. The zero-order chi connectivity index (χ0) is 9.87. The third-order valence-corrected chi connectivity index (χ3v) is 4.05. The Kier molecular flexibility index (Phi) is 1.67. The Balaban J connectivity index is 2.01. The molecule has 3 unspecified atom stereocenters. The molecule has 0 heterocycles. The Morgan fingerprint density at radius 1 is 1.50 bits per heavy atom. The monoisotopic (exact) mass is 250 g/mol. The number of ketones is 1. The molecular weight excluding hydrogens is 240 g/mol. The second kappa shape index (κ2) is 2.69. The predicted molar refractivity (Wildman–Crippen MR) is 58.2 cm³/mol. The number of carbonyl (C=O) groups is 1. The van der Waals surface area contributed by atoms with Crippen molar-refractivity contribution in [2.75, 3.05) is 0 Å². The van der Waals surface area contributed by atoms with Crippen LogP contribution in [0.25, 0.3) is 0 Å². The zero-order valence-corrected chi connectivity index (χ0v) is 9.54. The van der Waals surface area contributed by atoms with Gasteiger partial charge in [0, 0.05) is 10.4 Å². The smallest absolute Gasteiger partial charge is 0.133 e. The molecule has 0 saturated heterocycles. The SMILES string of the molecule is CC(=O)C1C2Cc3ccc(Br)cc3C21. The van der Waals surface area contributed by atoms with Crippen LogP contribution in [-0.4, -0.2) is 5.78 Å². The van der Waals surface area contributed by atoms with E-state index in [0.29, 0.717) is 23.5 Å². The van der Waals surface area contributed by atoms with E-state index in [2.05, 4.69) is 34.1 Å². The van der Waals surface area contributed by atoms with Gasteiger partial charge in [-0.2, -0.15) is 0 Å². The fourth-order valence-electron chi connectivity index (χ4n) is 2.92. The van der Waals surface area contributed by atoms with Gasteiger partial charge in [0.25, 0.3) is 0 Å². The predicted octanol–water partition coefficient (Wildman–Crippen LogP) is 2.92. The maximum Gasteiger partial charge on any atom is 0.133 e. The molecular formula is C12H11BrO. The van der Waals surface area contributed by atoms with Crippen LogP contribution in [0.1, 0.15) is 24.0 Å². The number of benzene rings is 1. The average molecular weight is 251 g/mol. The Labute approximate surface area is 91.6 Å². The van der Waals surface area contributed by atoms with E-state index in [9.17, 15) is 4.79 Å². The Hall–Kier alpha value is -0.630. The van der Waals surface area contributed by atoms with E-state index in [1.54, 1.807) is 6.92 Å². The van der Waals surface area contributed by atoms with Crippen molar-refractivity contribution in [3.8, 4) is 0 Å². The molecule has 0 radical (unpaired) electrons. The molecule has 0 N–H and O–H groups in total. The molecule has 2 aliphatic rings. The minimum atomic E-state index is 0.330. The minimum absolute atomic E-state index is 0.330. The molecule has 1 saturated carbocycles. The van der Waals surface area contributed by atoms with Crippen molar-refractivity contribution in [3.63, 3.8) is 0 Å². The fraction of sp³-hybridized carbons (Fsp3) is 0.417. The summed E-state index contributed by atoms with van der Waals surface area (Å²) in [6, 6.07) is 6.46. The summed E-state index contributed by atoms with van der Waals surface area (Å²) in [7, 11) is 0. The first kappa shape index (κ1) is 8.66. The van der Waals surface area contributed by atoms with Crippen molar-refractivity contribution in [1.29, 1.82) is 0 Å². The maximum atomic E-state index is 11.3. The van der Waals surface area contributed by atoms with Crippen molar-refractivity contribution in [3.05, 3.63) is 33.8 Å². The molecule has 0 spiro atoms. The fourth-order valence-corrected chi connectivity index (χ4v) is 3.30. The highest BCUT2D eigenvalue weighted by Crippen LogP contribution is 2.61. The molecule has 0 bridgehead atoms. The largest absolute Gasteiger partial charge is 0.300 e. The number of hydrogen-bond donors (Lipinski definition) is 0. The summed E-state index contributed by atoms with van der Waals surface area (Å²) < 4.78 is 1.13. The van der Waals surface area contributed by atoms with E-state index in [0.717, 1.165) is 10.9 Å². The van der Waals surface area contributed by atoms with Gasteiger partial charge in [-0.05, 0) is 48.4 Å². The summed E-state index contributed by atoms with van der Waals surface area (Å²) >= 11 is 3.48. The van der Waals surface area contributed by atoms with Crippen LogP contribution in [0.5, 0.6) is 0 Å². The lowest BCUT2D eigenvalue weighted by Crippen LogP contribution is -2.01. The molecule has 1 aromatic carbocycles. The Morgan fingerprint density at radius 3 is 3.00 bits per heavy atom. The van der Waals surface area contributed by atoms with Crippen LogP contribution in [0.4, 0.5) is 0 Å². The van der Waals surface area contributed by atoms with E-state index in [1.807, 2.05) is 0 Å². The van der Waals surface area contributed by atoms with E-state index in [4.69, 9.17) is 0 Å². The summed E-state index contributed by atoms with van der Waals surface area (Å²) in [4.78, 5) is 11.3. The van der Waals surface area contributed by atoms with Crippen molar-refractivity contribution in [2.45, 2.75) is 19.3 Å². The minimum Gasteiger partial charge on any atom is -0.300 e. The molecule has 3 rings (SSSR count). The molecule has 3 atom stereocenters. The average Bonchev–Trinajstić information content (AvgIpc) is 2.73. The highest BCUT2D eigenvalue weighted by molar-refractivity contribution is 9.10. The summed E-state index contributed by atoms with van der Waals surface area (Å²) in [5.74, 6) is 1.86. The molecule has 0 amide bonds. The van der Waals surface area contributed by atoms with Gasteiger partial charge >= 0.3 is 0 Å². The summed E-state index contributed by atoms with van der Waals surface area (Å²) in [5.41, 5.74) is 2.85. The van der Waals surface area contributed by atoms with E-state index in [-0.39, 0.29) is 0 Å². The number of carbonyl (C=O) groups excluding carboxylic acids is 1. The highest BCUT2D eigenvalue weighted by atomic mass is 79.9. The number of fused-ring (bicyclic) bond motifs is 3. The first-order chi connectivity index (χ1) is 6.68. The first-order valence-electron chi connectivity index (χ1n) is 4.97. The highest BCUT2D eigenvalue weighted by Gasteiger charge is 2.57. The van der Waals surface area contributed by atoms with Gasteiger partial charge in [0.05, 0.1) is 0 Å². The second-order valence-corrected chi connectivity index (χ2v) is 5.29. The van der Waals surface area contributed by atoms with Gasteiger partial charge < -0.3 is 0 Å². The Morgan fingerprint density at radius 2 is 2.29 bits per heavy atom. The lowest BCUT2D eigenvalue weighted by Gasteiger charge is -2.05. The third kappa shape index (κ3) is 1.04. The van der Waals surface area contributed by atoms with Crippen LogP contribution < -0.4 is 0 Å². The molecule has 14 heavy (non-hydrogen) atoms. The van der Waals surface area contributed by atoms with Gasteiger partial charge in [-0.1, -0.05) is 22.0 Å². The number of halogens is 1. The molecule has 1 aromatic rings. The van der Waals surface area contributed by atoms with Crippen molar-refractivity contribution in [2.24, 2.45) is 11.8 Å². The standard InChI is InChI=1S/C12H11BrO/c1-6(14)11-10-4-7-2-3-8(13)5-9(7)12(10)11/h2-3,5,10-12H,4H2,1H3. The van der Waals surface area contributed by atoms with Crippen LogP contribution in [0.2, 0.25) is 0 Å². The Bertz CT molecular complexity index is 424. The zero-order valence-electron chi connectivity index (χ0n) is 7.96. The van der Waals surface area contributed by atoms with Gasteiger partial charge in [-0.25, -0.2) is 0 Å². The topological polar surface area (TPSA) is 17.1 Å². The molecule has 2 heteroatoms. The van der Waals surface area contributed by atoms with E-state index >= 15 is 0 Å².